The number of ether oxygens (including phenoxy) is 2. The fraction of sp³-hybridized carbons (Fsp3) is 0.500. The highest BCUT2D eigenvalue weighted by molar-refractivity contribution is 5.93. The number of carbonyl (C=O) groups excluding carboxylic acids is 2. The van der Waals surface area contributed by atoms with E-state index in [1.807, 2.05) is 0 Å². The standard InChI is InChI=1S/C14H21N3O4/c1-9-12(7-11(15)8-17-9)14(19)21-10(2)13(18)16-5-4-6-20-3/h7-8,10H,4-6,15H2,1-3H3,(H,16,18). The quantitative estimate of drug-likeness (QED) is 0.566. The fourth-order valence-electron chi connectivity index (χ4n) is 1.61. The molecule has 1 aromatic heterocycles. The number of nitrogens with zero attached hydrogens (tertiary/aromatic N) is 1. The third kappa shape index (κ3) is 5.39. The van der Waals surface area contributed by atoms with Crippen LogP contribution in [0.15, 0.2) is 12.3 Å². The van der Waals surface area contributed by atoms with Crippen molar-refractivity contribution in [3.63, 3.8) is 0 Å². The Morgan fingerprint density at radius 2 is 2.19 bits per heavy atom. The number of aryl methyl sites for hydroxylation is 1. The van der Waals surface area contributed by atoms with E-state index < -0.39 is 12.1 Å². The molecule has 116 valence electrons. The summed E-state index contributed by atoms with van der Waals surface area (Å²) in [6.07, 6.45) is 1.26. The molecule has 0 saturated heterocycles. The van der Waals surface area contributed by atoms with Gasteiger partial charge >= 0.3 is 5.97 Å². The normalized spacial score (nSPS) is 11.8. The number of esters is 1. The number of nitrogens with one attached hydrogen (secondary N) is 1. The molecule has 1 aromatic rings. The van der Waals surface area contributed by atoms with Crippen LogP contribution in [0, 0.1) is 6.92 Å². The van der Waals surface area contributed by atoms with E-state index in [0.29, 0.717) is 31.0 Å². The van der Waals surface area contributed by atoms with Crippen LogP contribution in [0.3, 0.4) is 0 Å². The average molecular weight is 295 g/mol. The van der Waals surface area contributed by atoms with Gasteiger partial charge in [0, 0.05) is 20.3 Å². The number of nitrogen functional groups attached to an aromatic ring is 1. The second-order valence-electron chi connectivity index (χ2n) is 4.59. The predicted octanol–water partition coefficient (Wildman–Crippen LogP) is 0.670. The Morgan fingerprint density at radius 1 is 1.48 bits per heavy atom. The first kappa shape index (κ1) is 16.9. The first-order valence-corrected chi connectivity index (χ1v) is 6.65. The van der Waals surface area contributed by atoms with Crippen LogP contribution in [0.2, 0.25) is 0 Å². The van der Waals surface area contributed by atoms with Crippen LogP contribution in [0.5, 0.6) is 0 Å². The van der Waals surface area contributed by atoms with Gasteiger partial charge in [-0.2, -0.15) is 0 Å². The van der Waals surface area contributed by atoms with Gasteiger partial charge in [-0.05, 0) is 26.3 Å². The van der Waals surface area contributed by atoms with Crippen molar-refractivity contribution in [1.82, 2.24) is 10.3 Å². The molecule has 1 heterocycles. The first-order valence-electron chi connectivity index (χ1n) is 6.65. The highest BCUT2D eigenvalue weighted by Crippen LogP contribution is 2.12. The number of hydrogen-bond donors (Lipinski definition) is 2. The molecule has 1 amide bonds. The second-order valence-corrected chi connectivity index (χ2v) is 4.59. The zero-order chi connectivity index (χ0) is 15.8. The molecule has 0 aliphatic rings. The molecule has 1 rings (SSSR count). The minimum Gasteiger partial charge on any atom is -0.449 e. The number of rotatable bonds is 7. The van der Waals surface area contributed by atoms with E-state index in [-0.39, 0.29) is 11.5 Å². The predicted molar refractivity (Wildman–Crippen MR) is 77.8 cm³/mol. The van der Waals surface area contributed by atoms with Crippen LogP contribution < -0.4 is 11.1 Å². The lowest BCUT2D eigenvalue weighted by Crippen LogP contribution is -2.36. The molecule has 7 heteroatoms. The van der Waals surface area contributed by atoms with Crippen LogP contribution in [0.4, 0.5) is 5.69 Å². The van der Waals surface area contributed by atoms with Gasteiger partial charge in [0.2, 0.25) is 0 Å². The molecule has 21 heavy (non-hydrogen) atoms. The van der Waals surface area contributed by atoms with Crippen molar-refractivity contribution >= 4 is 17.6 Å². The Balaban J connectivity index is 2.53. The Labute approximate surface area is 123 Å². The number of amides is 1. The summed E-state index contributed by atoms with van der Waals surface area (Å²) in [6, 6.07) is 1.48. The van der Waals surface area contributed by atoms with Crippen molar-refractivity contribution in [2.45, 2.75) is 26.4 Å². The molecular formula is C14H21N3O4. The number of aromatic nitrogens is 1. The number of anilines is 1. The first-order chi connectivity index (χ1) is 9.95. The molecule has 0 radical (unpaired) electrons. The second kappa shape index (κ2) is 8.21. The Hall–Kier alpha value is -2.15. The van der Waals surface area contributed by atoms with Gasteiger partial charge < -0.3 is 20.5 Å². The maximum absolute atomic E-state index is 12.0. The number of nitrogens with two attached hydrogens (primary N) is 1. The summed E-state index contributed by atoms with van der Waals surface area (Å²) in [4.78, 5) is 27.7. The van der Waals surface area contributed by atoms with Crippen LogP contribution in [-0.2, 0) is 14.3 Å². The number of methoxy groups -OCH3 is 1. The van der Waals surface area contributed by atoms with Gasteiger partial charge in [-0.3, -0.25) is 9.78 Å². The highest BCUT2D eigenvalue weighted by atomic mass is 16.5. The lowest BCUT2D eigenvalue weighted by Gasteiger charge is -2.14. The molecule has 0 aliphatic heterocycles. The van der Waals surface area contributed by atoms with Crippen LogP contribution >= 0.6 is 0 Å². The van der Waals surface area contributed by atoms with Gasteiger partial charge in [0.15, 0.2) is 6.10 Å². The molecule has 0 fully saturated rings. The molecule has 0 aromatic carbocycles. The van der Waals surface area contributed by atoms with E-state index >= 15 is 0 Å². The third-order valence-electron chi connectivity index (χ3n) is 2.81. The van der Waals surface area contributed by atoms with Crippen molar-refractivity contribution < 1.29 is 19.1 Å². The van der Waals surface area contributed by atoms with E-state index in [4.69, 9.17) is 15.2 Å². The summed E-state index contributed by atoms with van der Waals surface area (Å²) in [7, 11) is 1.59. The van der Waals surface area contributed by atoms with Crippen molar-refractivity contribution in [2.75, 3.05) is 26.0 Å². The zero-order valence-corrected chi connectivity index (χ0v) is 12.5. The zero-order valence-electron chi connectivity index (χ0n) is 12.5. The summed E-state index contributed by atoms with van der Waals surface area (Å²) >= 11 is 0. The molecule has 0 bridgehead atoms. The van der Waals surface area contributed by atoms with E-state index in [0.717, 1.165) is 0 Å². The van der Waals surface area contributed by atoms with Crippen molar-refractivity contribution in [3.8, 4) is 0 Å². The van der Waals surface area contributed by atoms with Gasteiger partial charge in [-0.15, -0.1) is 0 Å². The lowest BCUT2D eigenvalue weighted by atomic mass is 10.2. The molecule has 0 saturated carbocycles. The van der Waals surface area contributed by atoms with E-state index in [2.05, 4.69) is 10.3 Å². The van der Waals surface area contributed by atoms with Gasteiger partial charge in [0.05, 0.1) is 23.1 Å². The van der Waals surface area contributed by atoms with E-state index in [9.17, 15) is 9.59 Å². The maximum Gasteiger partial charge on any atom is 0.340 e. The Morgan fingerprint density at radius 3 is 2.86 bits per heavy atom. The summed E-state index contributed by atoms with van der Waals surface area (Å²) in [5.74, 6) is -0.971. The Kier molecular flexibility index (Phi) is 6.61. The number of hydrogen-bond acceptors (Lipinski definition) is 6. The van der Waals surface area contributed by atoms with Crippen molar-refractivity contribution in [1.29, 1.82) is 0 Å². The van der Waals surface area contributed by atoms with Crippen LogP contribution in [-0.4, -0.2) is 43.2 Å². The number of carbonyl (C=O) groups is 2. The summed E-state index contributed by atoms with van der Waals surface area (Å²) < 4.78 is 9.99. The minimum absolute atomic E-state index is 0.258. The maximum atomic E-state index is 12.0. The summed E-state index contributed by atoms with van der Waals surface area (Å²) in [6.45, 7) is 4.21. The topological polar surface area (TPSA) is 104 Å². The van der Waals surface area contributed by atoms with Crippen LogP contribution in [0.25, 0.3) is 0 Å². The van der Waals surface area contributed by atoms with Crippen molar-refractivity contribution in [3.05, 3.63) is 23.5 Å². The number of pyridine rings is 1. The summed E-state index contributed by atoms with van der Waals surface area (Å²) in [5.41, 5.74) is 6.71. The molecule has 1 atom stereocenters. The molecule has 0 aliphatic carbocycles. The van der Waals surface area contributed by atoms with Crippen molar-refractivity contribution in [2.24, 2.45) is 0 Å². The van der Waals surface area contributed by atoms with Gasteiger partial charge in [0.1, 0.15) is 0 Å². The van der Waals surface area contributed by atoms with Gasteiger partial charge in [-0.25, -0.2) is 4.79 Å². The fourth-order valence-corrected chi connectivity index (χ4v) is 1.61. The Bertz CT molecular complexity index is 505. The smallest absolute Gasteiger partial charge is 0.340 e. The molecule has 0 spiro atoms. The lowest BCUT2D eigenvalue weighted by molar-refractivity contribution is -0.129. The molecule has 7 nitrogen and oxygen atoms in total. The minimum atomic E-state index is -0.888. The molecule has 1 unspecified atom stereocenters. The SMILES string of the molecule is COCCCNC(=O)C(C)OC(=O)c1cc(N)cnc1C. The third-order valence-corrected chi connectivity index (χ3v) is 2.81. The average Bonchev–Trinajstić information content (AvgIpc) is 2.45. The van der Waals surface area contributed by atoms with E-state index in [1.165, 1.54) is 19.2 Å². The van der Waals surface area contributed by atoms with Gasteiger partial charge in [-0.1, -0.05) is 0 Å². The van der Waals surface area contributed by atoms with Crippen LogP contribution in [0.1, 0.15) is 29.4 Å². The monoisotopic (exact) mass is 295 g/mol. The largest absolute Gasteiger partial charge is 0.449 e. The highest BCUT2D eigenvalue weighted by Gasteiger charge is 2.20. The molecule has 3 N–H and O–H groups in total. The molecular weight excluding hydrogens is 274 g/mol. The van der Waals surface area contributed by atoms with E-state index in [1.54, 1.807) is 14.0 Å². The summed E-state index contributed by atoms with van der Waals surface area (Å²) in [5, 5.41) is 2.66. The van der Waals surface area contributed by atoms with Gasteiger partial charge in [0.25, 0.3) is 5.91 Å².